The maximum atomic E-state index is 11.3. The molecule has 1 aromatic rings. The van der Waals surface area contributed by atoms with Gasteiger partial charge in [-0.05, 0) is 6.07 Å². The van der Waals surface area contributed by atoms with Crippen LogP contribution >= 0.6 is 27.5 Å². The van der Waals surface area contributed by atoms with Crippen LogP contribution in [0, 0.1) is 0 Å². The first-order valence-electron chi connectivity index (χ1n) is 4.01. The zero-order chi connectivity index (χ0) is 11.4. The zero-order valence-electron chi connectivity index (χ0n) is 8.21. The van der Waals surface area contributed by atoms with Crippen molar-refractivity contribution in [2.24, 2.45) is 0 Å². The Kier molecular flexibility index (Phi) is 4.35. The highest BCUT2D eigenvalue weighted by molar-refractivity contribution is 9.08. The van der Waals surface area contributed by atoms with Crippen molar-refractivity contribution >= 4 is 33.5 Å². The molecule has 4 nitrogen and oxygen atoms in total. The Morgan fingerprint density at radius 1 is 1.60 bits per heavy atom. The summed E-state index contributed by atoms with van der Waals surface area (Å²) in [5.41, 5.74) is 0.830. The number of alkyl halides is 1. The van der Waals surface area contributed by atoms with Crippen LogP contribution in [0.3, 0.4) is 0 Å². The van der Waals surface area contributed by atoms with Crippen LogP contribution in [0.4, 0.5) is 0 Å². The molecular weight excluding hydrogens is 285 g/mol. The van der Waals surface area contributed by atoms with Crippen LogP contribution in [-0.2, 0) is 10.1 Å². The molecule has 0 unspecified atom stereocenters. The lowest BCUT2D eigenvalue weighted by Crippen LogP contribution is -2.07. The number of esters is 1. The number of methoxy groups -OCH3 is 2. The van der Waals surface area contributed by atoms with Gasteiger partial charge in [0.2, 0.25) is 5.88 Å². The van der Waals surface area contributed by atoms with Crippen molar-refractivity contribution in [3.63, 3.8) is 0 Å². The molecular formula is C9H9BrClNO3. The van der Waals surface area contributed by atoms with Crippen molar-refractivity contribution < 1.29 is 14.3 Å². The summed E-state index contributed by atoms with van der Waals surface area (Å²) in [5, 5.41) is 0.886. The lowest BCUT2D eigenvalue weighted by Gasteiger charge is -2.08. The number of ether oxygens (including phenoxy) is 2. The van der Waals surface area contributed by atoms with Gasteiger partial charge in [0.15, 0.2) is 0 Å². The fourth-order valence-corrected chi connectivity index (χ4v) is 1.82. The molecule has 0 atom stereocenters. The Morgan fingerprint density at radius 3 is 2.73 bits per heavy atom. The number of hydrogen-bond acceptors (Lipinski definition) is 4. The first kappa shape index (κ1) is 12.3. The maximum Gasteiger partial charge on any atom is 0.343 e. The van der Waals surface area contributed by atoms with Crippen LogP contribution in [-0.4, -0.2) is 25.2 Å². The normalized spacial score (nSPS) is 9.87. The standard InChI is InChI=1S/C9H9BrClNO3/c1-14-8-5(9(13)15-2)3-6(11)7(4-10)12-8/h3H,4H2,1-2H3. The van der Waals surface area contributed by atoms with E-state index < -0.39 is 5.97 Å². The van der Waals surface area contributed by atoms with E-state index in [1.54, 1.807) is 0 Å². The van der Waals surface area contributed by atoms with Gasteiger partial charge in [0.25, 0.3) is 0 Å². The number of rotatable bonds is 3. The van der Waals surface area contributed by atoms with Crippen LogP contribution in [0.5, 0.6) is 5.88 Å². The van der Waals surface area contributed by atoms with E-state index >= 15 is 0 Å². The molecule has 0 saturated heterocycles. The Bertz CT molecular complexity index is 384. The second kappa shape index (κ2) is 5.32. The van der Waals surface area contributed by atoms with Gasteiger partial charge in [-0.1, -0.05) is 27.5 Å². The molecule has 0 spiro atoms. The van der Waals surface area contributed by atoms with Gasteiger partial charge in [-0.2, -0.15) is 0 Å². The number of carbonyl (C=O) groups is 1. The minimum Gasteiger partial charge on any atom is -0.480 e. The second-order valence-corrected chi connectivity index (χ2v) is 3.57. The molecule has 82 valence electrons. The van der Waals surface area contributed by atoms with Gasteiger partial charge in [0, 0.05) is 5.33 Å². The largest absolute Gasteiger partial charge is 0.480 e. The predicted molar refractivity (Wildman–Crippen MR) is 59.8 cm³/mol. The Labute approximate surface area is 101 Å². The van der Waals surface area contributed by atoms with Crippen molar-refractivity contribution in [3.8, 4) is 5.88 Å². The fraction of sp³-hybridized carbons (Fsp3) is 0.333. The molecule has 0 aliphatic heterocycles. The third-order valence-electron chi connectivity index (χ3n) is 1.74. The van der Waals surface area contributed by atoms with Gasteiger partial charge < -0.3 is 9.47 Å². The fourth-order valence-electron chi connectivity index (χ4n) is 1.01. The number of hydrogen-bond donors (Lipinski definition) is 0. The summed E-state index contributed by atoms with van der Waals surface area (Å²) in [6.07, 6.45) is 0. The van der Waals surface area contributed by atoms with Gasteiger partial charge >= 0.3 is 5.97 Å². The lowest BCUT2D eigenvalue weighted by molar-refractivity contribution is 0.0596. The molecule has 0 fully saturated rings. The molecule has 0 aromatic carbocycles. The summed E-state index contributed by atoms with van der Waals surface area (Å²) >= 11 is 9.14. The Balaban J connectivity index is 3.27. The molecule has 15 heavy (non-hydrogen) atoms. The van der Waals surface area contributed by atoms with Crippen molar-refractivity contribution in [1.29, 1.82) is 0 Å². The van der Waals surface area contributed by atoms with E-state index in [0.717, 1.165) is 0 Å². The van der Waals surface area contributed by atoms with Crippen LogP contribution in [0.2, 0.25) is 5.02 Å². The summed E-state index contributed by atoms with van der Waals surface area (Å²) in [6.45, 7) is 0. The summed E-state index contributed by atoms with van der Waals surface area (Å²) in [7, 11) is 2.72. The van der Waals surface area contributed by atoms with E-state index in [1.165, 1.54) is 20.3 Å². The molecule has 0 saturated carbocycles. The van der Waals surface area contributed by atoms with Crippen molar-refractivity contribution in [1.82, 2.24) is 4.98 Å². The molecule has 1 heterocycles. The molecule has 0 amide bonds. The number of nitrogens with zero attached hydrogens (tertiary/aromatic N) is 1. The monoisotopic (exact) mass is 293 g/mol. The quantitative estimate of drug-likeness (QED) is 0.634. The van der Waals surface area contributed by atoms with E-state index in [9.17, 15) is 4.79 Å². The number of halogens is 2. The number of carbonyl (C=O) groups excluding carboxylic acids is 1. The lowest BCUT2D eigenvalue weighted by atomic mass is 10.2. The summed E-state index contributed by atoms with van der Waals surface area (Å²) < 4.78 is 9.55. The van der Waals surface area contributed by atoms with E-state index in [4.69, 9.17) is 16.3 Å². The molecule has 0 aliphatic rings. The molecule has 0 bridgehead atoms. The average Bonchev–Trinajstić information content (AvgIpc) is 2.27. The van der Waals surface area contributed by atoms with Crippen LogP contribution < -0.4 is 4.74 Å². The predicted octanol–water partition coefficient (Wildman–Crippen LogP) is 2.43. The highest BCUT2D eigenvalue weighted by Crippen LogP contribution is 2.25. The first-order valence-corrected chi connectivity index (χ1v) is 5.51. The molecule has 0 radical (unpaired) electrons. The Hall–Kier alpha value is -0.810. The van der Waals surface area contributed by atoms with E-state index in [2.05, 4.69) is 25.7 Å². The molecule has 6 heteroatoms. The van der Waals surface area contributed by atoms with E-state index in [-0.39, 0.29) is 11.4 Å². The third-order valence-corrected chi connectivity index (χ3v) is 2.60. The van der Waals surface area contributed by atoms with Crippen LogP contribution in [0.15, 0.2) is 6.07 Å². The van der Waals surface area contributed by atoms with Gasteiger partial charge in [0.05, 0.1) is 24.9 Å². The van der Waals surface area contributed by atoms with Crippen molar-refractivity contribution in [2.45, 2.75) is 5.33 Å². The molecule has 0 aliphatic carbocycles. The van der Waals surface area contributed by atoms with Gasteiger partial charge in [-0.25, -0.2) is 9.78 Å². The maximum absolute atomic E-state index is 11.3. The first-order chi connectivity index (χ1) is 7.13. The minimum atomic E-state index is -0.526. The van der Waals surface area contributed by atoms with Gasteiger partial charge in [-0.15, -0.1) is 0 Å². The highest BCUT2D eigenvalue weighted by atomic mass is 79.9. The summed E-state index contributed by atoms with van der Waals surface area (Å²) in [5.74, 6) is -0.317. The minimum absolute atomic E-state index is 0.209. The number of pyridine rings is 1. The molecule has 1 rings (SSSR count). The molecule has 1 aromatic heterocycles. The zero-order valence-corrected chi connectivity index (χ0v) is 10.6. The van der Waals surface area contributed by atoms with Gasteiger partial charge in [0.1, 0.15) is 5.56 Å². The topological polar surface area (TPSA) is 48.4 Å². The summed E-state index contributed by atoms with van der Waals surface area (Å²) in [6, 6.07) is 1.48. The number of aromatic nitrogens is 1. The summed E-state index contributed by atoms with van der Waals surface area (Å²) in [4.78, 5) is 15.4. The molecule has 0 N–H and O–H groups in total. The van der Waals surface area contributed by atoms with Crippen LogP contribution in [0.25, 0.3) is 0 Å². The van der Waals surface area contributed by atoms with Crippen molar-refractivity contribution in [3.05, 3.63) is 22.3 Å². The second-order valence-electron chi connectivity index (χ2n) is 2.60. The highest BCUT2D eigenvalue weighted by Gasteiger charge is 2.17. The van der Waals surface area contributed by atoms with Crippen molar-refractivity contribution in [2.75, 3.05) is 14.2 Å². The SMILES string of the molecule is COC(=O)c1cc(Cl)c(CBr)nc1OC. The van der Waals surface area contributed by atoms with Crippen LogP contribution in [0.1, 0.15) is 16.1 Å². The average molecular weight is 295 g/mol. The van der Waals surface area contributed by atoms with E-state index in [0.29, 0.717) is 16.0 Å². The smallest absolute Gasteiger partial charge is 0.343 e. The van der Waals surface area contributed by atoms with E-state index in [1.807, 2.05) is 0 Å². The van der Waals surface area contributed by atoms with Gasteiger partial charge in [-0.3, -0.25) is 0 Å². The Morgan fingerprint density at radius 2 is 2.27 bits per heavy atom. The third kappa shape index (κ3) is 2.60.